The molecule has 0 amide bonds. The lowest BCUT2D eigenvalue weighted by atomic mass is 9.94. The largest absolute Gasteiger partial charge is 0.508 e. The first-order valence-corrected chi connectivity index (χ1v) is 12.3. The molecule has 2 aliphatic rings. The van der Waals surface area contributed by atoms with Gasteiger partial charge in [0.05, 0.1) is 0 Å². The van der Waals surface area contributed by atoms with E-state index < -0.39 is 0 Å². The minimum Gasteiger partial charge on any atom is -0.508 e. The average molecular weight is 435 g/mol. The maximum absolute atomic E-state index is 10.5. The van der Waals surface area contributed by atoms with Crippen molar-refractivity contribution < 1.29 is 10.2 Å². The van der Waals surface area contributed by atoms with Crippen LogP contribution in [0.2, 0.25) is 0 Å². The van der Waals surface area contributed by atoms with Gasteiger partial charge in [-0.15, -0.1) is 0 Å². The van der Waals surface area contributed by atoms with Gasteiger partial charge in [-0.1, -0.05) is 25.0 Å². The SMILES string of the molecule is C/C(=C(/C)c1ccc(O)c(CN2CCCCC2)c1)c1ccc(O)c(CN2CCCCC2)c1. The molecular formula is C28H38N2O2. The van der Waals surface area contributed by atoms with E-state index in [1.165, 1.54) is 49.7 Å². The van der Waals surface area contributed by atoms with Gasteiger partial charge in [0, 0.05) is 24.2 Å². The van der Waals surface area contributed by atoms with Crippen LogP contribution in [0.5, 0.6) is 11.5 Å². The van der Waals surface area contributed by atoms with Gasteiger partial charge in [0.25, 0.3) is 0 Å². The molecule has 0 unspecified atom stereocenters. The first-order valence-electron chi connectivity index (χ1n) is 12.3. The van der Waals surface area contributed by atoms with E-state index in [0.717, 1.165) is 61.5 Å². The van der Waals surface area contributed by atoms with E-state index in [4.69, 9.17) is 0 Å². The van der Waals surface area contributed by atoms with E-state index >= 15 is 0 Å². The molecule has 0 saturated carbocycles. The van der Waals surface area contributed by atoms with Crippen molar-refractivity contribution in [2.45, 2.75) is 65.5 Å². The van der Waals surface area contributed by atoms with Crippen molar-refractivity contribution in [3.8, 4) is 11.5 Å². The Morgan fingerprint density at radius 1 is 0.625 bits per heavy atom. The van der Waals surface area contributed by atoms with Crippen molar-refractivity contribution in [1.82, 2.24) is 9.80 Å². The van der Waals surface area contributed by atoms with Crippen LogP contribution in [-0.4, -0.2) is 46.2 Å². The Balaban J connectivity index is 1.56. The van der Waals surface area contributed by atoms with E-state index in [0.29, 0.717) is 11.5 Å². The molecule has 172 valence electrons. The second-order valence-corrected chi connectivity index (χ2v) is 9.61. The molecule has 2 saturated heterocycles. The molecule has 0 bridgehead atoms. The van der Waals surface area contributed by atoms with E-state index in [-0.39, 0.29) is 0 Å². The van der Waals surface area contributed by atoms with Crippen LogP contribution in [0.1, 0.15) is 74.6 Å². The molecule has 2 aromatic carbocycles. The highest BCUT2D eigenvalue weighted by Crippen LogP contribution is 2.32. The molecule has 0 aromatic heterocycles. The van der Waals surface area contributed by atoms with Crippen LogP contribution in [-0.2, 0) is 13.1 Å². The zero-order valence-corrected chi connectivity index (χ0v) is 19.7. The summed E-state index contributed by atoms with van der Waals surface area (Å²) in [7, 11) is 0. The maximum Gasteiger partial charge on any atom is 0.120 e. The highest BCUT2D eigenvalue weighted by Gasteiger charge is 2.16. The second kappa shape index (κ2) is 10.5. The summed E-state index contributed by atoms with van der Waals surface area (Å²) in [6, 6.07) is 12.0. The first kappa shape index (κ1) is 22.9. The Labute approximate surface area is 193 Å². The molecular weight excluding hydrogens is 396 g/mol. The summed E-state index contributed by atoms with van der Waals surface area (Å²) in [5.74, 6) is 0.774. The van der Waals surface area contributed by atoms with Gasteiger partial charge in [0.2, 0.25) is 0 Å². The summed E-state index contributed by atoms with van der Waals surface area (Å²) in [5.41, 5.74) is 6.73. The van der Waals surface area contributed by atoms with Crippen molar-refractivity contribution in [3.63, 3.8) is 0 Å². The van der Waals surface area contributed by atoms with E-state index in [1.807, 2.05) is 24.3 Å². The van der Waals surface area contributed by atoms with Gasteiger partial charge < -0.3 is 10.2 Å². The van der Waals surface area contributed by atoms with E-state index in [2.05, 4.69) is 35.8 Å². The summed E-state index contributed by atoms with van der Waals surface area (Å²) >= 11 is 0. The quantitative estimate of drug-likeness (QED) is 0.546. The molecule has 0 atom stereocenters. The zero-order chi connectivity index (χ0) is 22.5. The highest BCUT2D eigenvalue weighted by molar-refractivity contribution is 5.89. The predicted octanol–water partition coefficient (Wildman–Crippen LogP) is 6.02. The number of phenols is 2. The Kier molecular flexibility index (Phi) is 7.54. The summed E-state index contributed by atoms with van der Waals surface area (Å²) in [5, 5.41) is 20.9. The molecule has 4 nitrogen and oxygen atoms in total. The highest BCUT2D eigenvalue weighted by atomic mass is 16.3. The van der Waals surface area contributed by atoms with Crippen molar-refractivity contribution in [2.24, 2.45) is 0 Å². The summed E-state index contributed by atoms with van der Waals surface area (Å²) in [4.78, 5) is 4.89. The Morgan fingerprint density at radius 2 is 1.00 bits per heavy atom. The lowest BCUT2D eigenvalue weighted by Gasteiger charge is -2.27. The smallest absolute Gasteiger partial charge is 0.120 e. The standard InChI is InChI=1S/C28H38N2O2/c1-21(23-9-11-27(31)25(17-23)19-29-13-5-3-6-14-29)22(2)24-10-12-28(32)26(18-24)20-30-15-7-4-8-16-30/h9-12,17-18,31-32H,3-8,13-16,19-20H2,1-2H3/b22-21+. The fourth-order valence-corrected chi connectivity index (χ4v) is 5.04. The topological polar surface area (TPSA) is 46.9 Å². The number of piperidine rings is 2. The third-order valence-electron chi connectivity index (χ3n) is 7.27. The Hall–Kier alpha value is -2.30. The van der Waals surface area contributed by atoms with Crippen LogP contribution in [0, 0.1) is 0 Å². The van der Waals surface area contributed by atoms with Gasteiger partial charge in [-0.05, 0) is 112 Å². The number of allylic oxidation sites excluding steroid dienone is 2. The molecule has 2 heterocycles. The van der Waals surface area contributed by atoms with E-state index in [9.17, 15) is 10.2 Å². The van der Waals surface area contributed by atoms with Gasteiger partial charge in [0.15, 0.2) is 0 Å². The molecule has 2 N–H and O–H groups in total. The van der Waals surface area contributed by atoms with Gasteiger partial charge in [-0.25, -0.2) is 0 Å². The van der Waals surface area contributed by atoms with Gasteiger partial charge in [-0.3, -0.25) is 9.80 Å². The number of hydrogen-bond acceptors (Lipinski definition) is 4. The number of benzene rings is 2. The van der Waals surface area contributed by atoms with Crippen LogP contribution < -0.4 is 0 Å². The lowest BCUT2D eigenvalue weighted by Crippen LogP contribution is -2.29. The van der Waals surface area contributed by atoms with Gasteiger partial charge >= 0.3 is 0 Å². The molecule has 0 spiro atoms. The number of likely N-dealkylation sites (tertiary alicyclic amines) is 2. The zero-order valence-electron chi connectivity index (χ0n) is 19.7. The fourth-order valence-electron chi connectivity index (χ4n) is 5.04. The van der Waals surface area contributed by atoms with Crippen LogP contribution in [0.4, 0.5) is 0 Å². The van der Waals surface area contributed by atoms with Gasteiger partial charge in [-0.2, -0.15) is 0 Å². The number of hydrogen-bond donors (Lipinski definition) is 2. The number of phenolic OH excluding ortho intramolecular Hbond substituents is 2. The summed E-state index contributed by atoms with van der Waals surface area (Å²) in [6.07, 6.45) is 7.63. The fraction of sp³-hybridized carbons (Fsp3) is 0.500. The normalized spacial score (nSPS) is 19.1. The molecule has 0 radical (unpaired) electrons. The summed E-state index contributed by atoms with van der Waals surface area (Å²) < 4.78 is 0. The van der Waals surface area contributed by atoms with Crippen LogP contribution in [0.25, 0.3) is 11.1 Å². The molecule has 0 aliphatic carbocycles. The number of rotatable bonds is 6. The lowest BCUT2D eigenvalue weighted by molar-refractivity contribution is 0.218. The molecule has 4 rings (SSSR count). The van der Waals surface area contributed by atoms with Crippen molar-refractivity contribution in [1.29, 1.82) is 0 Å². The van der Waals surface area contributed by atoms with Crippen molar-refractivity contribution in [3.05, 3.63) is 58.7 Å². The average Bonchev–Trinajstić information content (AvgIpc) is 2.82. The third-order valence-corrected chi connectivity index (χ3v) is 7.27. The molecule has 2 aromatic rings. The Morgan fingerprint density at radius 3 is 1.38 bits per heavy atom. The molecule has 4 heteroatoms. The minimum absolute atomic E-state index is 0.387. The van der Waals surface area contributed by atoms with Crippen LogP contribution in [0.15, 0.2) is 36.4 Å². The molecule has 2 fully saturated rings. The van der Waals surface area contributed by atoms with Crippen molar-refractivity contribution in [2.75, 3.05) is 26.2 Å². The van der Waals surface area contributed by atoms with E-state index in [1.54, 1.807) is 0 Å². The first-order chi connectivity index (χ1) is 15.5. The Bertz CT molecular complexity index is 876. The molecule has 32 heavy (non-hydrogen) atoms. The number of nitrogens with zero attached hydrogens (tertiary/aromatic N) is 2. The van der Waals surface area contributed by atoms with Gasteiger partial charge in [0.1, 0.15) is 11.5 Å². The predicted molar refractivity (Wildman–Crippen MR) is 133 cm³/mol. The third kappa shape index (κ3) is 5.54. The molecule has 2 aliphatic heterocycles. The van der Waals surface area contributed by atoms with Crippen LogP contribution >= 0.6 is 0 Å². The van der Waals surface area contributed by atoms with Crippen LogP contribution in [0.3, 0.4) is 0 Å². The summed E-state index contributed by atoms with van der Waals surface area (Å²) in [6.45, 7) is 10.4. The minimum atomic E-state index is 0.387. The maximum atomic E-state index is 10.5. The van der Waals surface area contributed by atoms with Crippen molar-refractivity contribution >= 4 is 11.1 Å². The monoisotopic (exact) mass is 434 g/mol. The number of aromatic hydroxyl groups is 2. The second-order valence-electron chi connectivity index (χ2n) is 9.61.